The van der Waals surface area contributed by atoms with Crippen LogP contribution in [0.4, 0.5) is 5.69 Å². The molecule has 128 valence electrons. The minimum atomic E-state index is -3.27. The summed E-state index contributed by atoms with van der Waals surface area (Å²) in [5.74, 6) is -0.129. The molecule has 0 fully saturated rings. The number of thiophene rings is 1. The zero-order chi connectivity index (χ0) is 17.3. The summed E-state index contributed by atoms with van der Waals surface area (Å²) in [4.78, 5) is 13.7. The third kappa shape index (κ3) is 3.32. The van der Waals surface area contributed by atoms with Gasteiger partial charge in [-0.25, -0.2) is 8.42 Å². The molecule has 1 atom stereocenters. The van der Waals surface area contributed by atoms with Crippen molar-refractivity contribution in [1.82, 2.24) is 5.32 Å². The van der Waals surface area contributed by atoms with Crippen molar-refractivity contribution in [3.8, 4) is 0 Å². The molecule has 7 heteroatoms. The van der Waals surface area contributed by atoms with Crippen LogP contribution in [0.3, 0.4) is 0 Å². The van der Waals surface area contributed by atoms with Gasteiger partial charge in [0.05, 0.1) is 18.0 Å². The molecule has 1 aromatic carbocycles. The van der Waals surface area contributed by atoms with Crippen molar-refractivity contribution < 1.29 is 13.2 Å². The lowest BCUT2D eigenvalue weighted by Gasteiger charge is -2.18. The molecule has 1 amide bonds. The smallest absolute Gasteiger partial charge is 0.251 e. The Morgan fingerprint density at radius 2 is 2.17 bits per heavy atom. The number of nitrogens with zero attached hydrogens (tertiary/aromatic N) is 1. The average Bonchev–Trinajstić information content (AvgIpc) is 3.20. The average molecular weight is 364 g/mol. The molecule has 5 nitrogen and oxygen atoms in total. The van der Waals surface area contributed by atoms with Crippen LogP contribution in [0.25, 0.3) is 0 Å². The van der Waals surface area contributed by atoms with Crippen molar-refractivity contribution in [3.63, 3.8) is 0 Å². The maximum Gasteiger partial charge on any atom is 0.251 e. The van der Waals surface area contributed by atoms with Crippen molar-refractivity contribution in [3.05, 3.63) is 51.7 Å². The van der Waals surface area contributed by atoms with Crippen molar-refractivity contribution in [2.45, 2.75) is 25.8 Å². The van der Waals surface area contributed by atoms with E-state index in [9.17, 15) is 13.2 Å². The van der Waals surface area contributed by atoms with E-state index in [-0.39, 0.29) is 11.9 Å². The van der Waals surface area contributed by atoms with Crippen molar-refractivity contribution in [2.75, 3.05) is 17.1 Å². The molecular weight excluding hydrogens is 344 g/mol. The first-order valence-corrected chi connectivity index (χ1v) is 10.6. The van der Waals surface area contributed by atoms with E-state index in [1.54, 1.807) is 29.5 Å². The largest absolute Gasteiger partial charge is 0.344 e. The Bertz CT molecular complexity index is 845. The number of benzene rings is 1. The minimum absolute atomic E-state index is 0.00160. The fourth-order valence-electron chi connectivity index (χ4n) is 2.96. The zero-order valence-electron chi connectivity index (χ0n) is 13.7. The van der Waals surface area contributed by atoms with E-state index in [2.05, 4.69) is 5.32 Å². The fourth-order valence-corrected chi connectivity index (χ4v) is 4.78. The summed E-state index contributed by atoms with van der Waals surface area (Å²) in [5.41, 5.74) is 2.15. The van der Waals surface area contributed by atoms with Gasteiger partial charge in [0.25, 0.3) is 5.91 Å². The Kier molecular flexibility index (Phi) is 4.64. The van der Waals surface area contributed by atoms with Gasteiger partial charge in [0.2, 0.25) is 10.0 Å². The van der Waals surface area contributed by atoms with E-state index in [0.717, 1.165) is 16.9 Å². The van der Waals surface area contributed by atoms with E-state index in [0.29, 0.717) is 24.2 Å². The molecule has 2 aromatic rings. The molecule has 0 saturated heterocycles. The maximum atomic E-state index is 12.5. The third-order valence-corrected chi connectivity index (χ3v) is 6.36. The van der Waals surface area contributed by atoms with Crippen molar-refractivity contribution >= 4 is 33.0 Å². The molecule has 2 heterocycles. The topological polar surface area (TPSA) is 66.5 Å². The number of nitrogens with one attached hydrogen (secondary N) is 1. The summed E-state index contributed by atoms with van der Waals surface area (Å²) in [6.07, 6.45) is 2.65. The molecule has 24 heavy (non-hydrogen) atoms. The summed E-state index contributed by atoms with van der Waals surface area (Å²) < 4.78 is 25.0. The molecule has 1 N–H and O–H groups in total. The zero-order valence-corrected chi connectivity index (χ0v) is 15.3. The predicted octanol–water partition coefficient (Wildman–Crippen LogP) is 2.95. The molecule has 0 aliphatic carbocycles. The quantitative estimate of drug-likeness (QED) is 0.887. The van der Waals surface area contributed by atoms with Gasteiger partial charge < -0.3 is 5.32 Å². The van der Waals surface area contributed by atoms with E-state index in [4.69, 9.17) is 0 Å². The molecule has 3 rings (SSSR count). The SMILES string of the molecule is CCC(NC(=O)c1ccc2c(c1)CCN2S(C)(=O)=O)c1cccs1. The normalized spacial score (nSPS) is 15.2. The van der Waals surface area contributed by atoms with E-state index >= 15 is 0 Å². The van der Waals surface area contributed by atoms with Gasteiger partial charge in [-0.3, -0.25) is 9.10 Å². The first-order valence-electron chi connectivity index (χ1n) is 7.85. The second-order valence-electron chi connectivity index (χ2n) is 5.88. The number of anilines is 1. The number of carbonyl (C=O) groups is 1. The van der Waals surface area contributed by atoms with Gasteiger partial charge in [-0.05, 0) is 48.1 Å². The summed E-state index contributed by atoms with van der Waals surface area (Å²) in [6, 6.07) is 9.22. The molecule has 1 aromatic heterocycles. The van der Waals surface area contributed by atoms with Crippen LogP contribution in [-0.4, -0.2) is 27.1 Å². The molecule has 1 aliphatic rings. The van der Waals surface area contributed by atoms with Crippen LogP contribution >= 0.6 is 11.3 Å². The lowest BCUT2D eigenvalue weighted by Crippen LogP contribution is -2.28. The van der Waals surface area contributed by atoms with Crippen LogP contribution in [0, 0.1) is 0 Å². The number of carbonyl (C=O) groups excluding carboxylic acids is 1. The number of fused-ring (bicyclic) bond motifs is 1. The van der Waals surface area contributed by atoms with E-state index in [1.165, 1.54) is 10.6 Å². The highest BCUT2D eigenvalue weighted by atomic mass is 32.2. The molecule has 0 spiro atoms. The monoisotopic (exact) mass is 364 g/mol. The van der Waals surface area contributed by atoms with Gasteiger partial charge in [-0.15, -0.1) is 11.3 Å². The first-order chi connectivity index (χ1) is 11.4. The minimum Gasteiger partial charge on any atom is -0.344 e. The summed E-state index contributed by atoms with van der Waals surface area (Å²) >= 11 is 1.63. The van der Waals surface area contributed by atoms with Crippen molar-refractivity contribution in [2.24, 2.45) is 0 Å². The summed E-state index contributed by atoms with van der Waals surface area (Å²) in [7, 11) is -3.27. The second-order valence-corrected chi connectivity index (χ2v) is 8.76. The summed E-state index contributed by atoms with van der Waals surface area (Å²) in [5, 5.41) is 5.06. The lowest BCUT2D eigenvalue weighted by atomic mass is 10.1. The highest BCUT2D eigenvalue weighted by Gasteiger charge is 2.27. The molecule has 1 unspecified atom stereocenters. The molecule has 0 radical (unpaired) electrons. The number of hydrogen-bond donors (Lipinski definition) is 1. The Morgan fingerprint density at radius 1 is 1.38 bits per heavy atom. The third-order valence-electron chi connectivity index (χ3n) is 4.20. The van der Waals surface area contributed by atoms with Crippen molar-refractivity contribution in [1.29, 1.82) is 0 Å². The van der Waals surface area contributed by atoms with Crippen LogP contribution in [0.1, 0.15) is 40.2 Å². The standard InChI is InChI=1S/C17H20N2O3S2/c1-3-14(16-5-4-10-23-16)18-17(20)13-6-7-15-12(11-13)8-9-19(15)24(2,21)22/h4-7,10-11,14H,3,8-9H2,1-2H3,(H,18,20). The summed E-state index contributed by atoms with van der Waals surface area (Å²) in [6.45, 7) is 2.48. The van der Waals surface area contributed by atoms with E-state index in [1.807, 2.05) is 24.4 Å². The molecular formula is C17H20N2O3S2. The van der Waals surface area contributed by atoms with E-state index < -0.39 is 10.0 Å². The van der Waals surface area contributed by atoms with Gasteiger partial charge in [0.1, 0.15) is 0 Å². The highest BCUT2D eigenvalue weighted by Crippen LogP contribution is 2.31. The Hall–Kier alpha value is -1.86. The van der Waals surface area contributed by atoms with Gasteiger partial charge in [0.15, 0.2) is 0 Å². The number of hydrogen-bond acceptors (Lipinski definition) is 4. The lowest BCUT2D eigenvalue weighted by molar-refractivity contribution is 0.0936. The fraction of sp³-hybridized carbons (Fsp3) is 0.353. The Morgan fingerprint density at radius 3 is 2.79 bits per heavy atom. The number of sulfonamides is 1. The molecule has 1 aliphatic heterocycles. The van der Waals surface area contributed by atoms with Gasteiger partial charge in [-0.1, -0.05) is 13.0 Å². The Labute approximate surface area is 146 Å². The first kappa shape index (κ1) is 17.0. The molecule has 0 bridgehead atoms. The van der Waals surface area contributed by atoms with Gasteiger partial charge in [0, 0.05) is 17.0 Å². The number of amides is 1. The van der Waals surface area contributed by atoms with Gasteiger partial charge in [-0.2, -0.15) is 0 Å². The number of rotatable bonds is 5. The predicted molar refractivity (Wildman–Crippen MR) is 97.2 cm³/mol. The van der Waals surface area contributed by atoms with Gasteiger partial charge >= 0.3 is 0 Å². The maximum absolute atomic E-state index is 12.5. The Balaban J connectivity index is 1.80. The van der Waals surface area contributed by atoms with Crippen LogP contribution in [-0.2, 0) is 16.4 Å². The van der Waals surface area contributed by atoms with Crippen LogP contribution in [0.15, 0.2) is 35.7 Å². The molecule has 0 saturated carbocycles. The van der Waals surface area contributed by atoms with Crippen LogP contribution in [0.5, 0.6) is 0 Å². The van der Waals surface area contributed by atoms with Crippen LogP contribution in [0.2, 0.25) is 0 Å². The second kappa shape index (κ2) is 6.57. The highest BCUT2D eigenvalue weighted by molar-refractivity contribution is 7.92. The van der Waals surface area contributed by atoms with Crippen LogP contribution < -0.4 is 9.62 Å².